The number of para-hydroxylation sites is 1. The van der Waals surface area contributed by atoms with Crippen LogP contribution in [0.15, 0.2) is 58.8 Å². The fraction of sp³-hybridized carbons (Fsp3) is 0.158. The third-order valence-electron chi connectivity index (χ3n) is 4.12. The van der Waals surface area contributed by atoms with Crippen LogP contribution < -0.4 is 14.8 Å². The van der Waals surface area contributed by atoms with E-state index >= 15 is 0 Å². The van der Waals surface area contributed by atoms with Crippen LogP contribution in [0, 0.1) is 0 Å². The van der Waals surface area contributed by atoms with E-state index in [1.165, 1.54) is 23.5 Å². The van der Waals surface area contributed by atoms with Crippen molar-refractivity contribution in [2.45, 2.75) is 11.3 Å². The first-order valence-electron chi connectivity index (χ1n) is 8.45. The zero-order chi connectivity index (χ0) is 19.6. The van der Waals surface area contributed by atoms with Gasteiger partial charge >= 0.3 is 0 Å². The molecule has 0 unspecified atom stereocenters. The molecule has 0 aliphatic carbocycles. The summed E-state index contributed by atoms with van der Waals surface area (Å²) >= 11 is 1.26. The van der Waals surface area contributed by atoms with Crippen LogP contribution in [0.2, 0.25) is 0 Å². The first-order chi connectivity index (χ1) is 13.5. The number of hydrogen-bond acceptors (Lipinski definition) is 7. The predicted molar refractivity (Wildman–Crippen MR) is 105 cm³/mol. The van der Waals surface area contributed by atoms with E-state index in [0.29, 0.717) is 22.3 Å². The second kappa shape index (κ2) is 7.61. The van der Waals surface area contributed by atoms with Crippen LogP contribution in [0.1, 0.15) is 6.42 Å². The summed E-state index contributed by atoms with van der Waals surface area (Å²) in [6.07, 6.45) is -0.149. The molecular formula is C19H16N2O5S2. The van der Waals surface area contributed by atoms with Gasteiger partial charge in [0.05, 0.1) is 16.3 Å². The summed E-state index contributed by atoms with van der Waals surface area (Å²) in [6, 6.07) is 13.6. The molecule has 1 aliphatic rings. The average Bonchev–Trinajstić information content (AvgIpc) is 3.36. The number of thiazole rings is 1. The highest BCUT2D eigenvalue weighted by Crippen LogP contribution is 2.41. The smallest absolute Gasteiger partial charge is 0.231 e. The zero-order valence-electron chi connectivity index (χ0n) is 14.6. The van der Waals surface area contributed by atoms with E-state index in [4.69, 9.17) is 9.47 Å². The van der Waals surface area contributed by atoms with Gasteiger partial charge in [-0.1, -0.05) is 24.3 Å². The van der Waals surface area contributed by atoms with Gasteiger partial charge in [-0.3, -0.25) is 4.79 Å². The Bertz CT molecular complexity index is 1110. The third kappa shape index (κ3) is 3.85. The number of anilines is 1. The number of sulfone groups is 1. The van der Waals surface area contributed by atoms with Gasteiger partial charge in [0, 0.05) is 17.4 Å². The maximum Gasteiger partial charge on any atom is 0.231 e. The van der Waals surface area contributed by atoms with Gasteiger partial charge in [-0.05, 0) is 24.3 Å². The first kappa shape index (κ1) is 18.5. The molecule has 1 amide bonds. The fourth-order valence-electron chi connectivity index (χ4n) is 2.74. The molecule has 2 heterocycles. The van der Waals surface area contributed by atoms with Gasteiger partial charge in [0.1, 0.15) is 0 Å². The van der Waals surface area contributed by atoms with E-state index in [9.17, 15) is 13.2 Å². The Morgan fingerprint density at radius 2 is 1.93 bits per heavy atom. The molecule has 1 aromatic heterocycles. The third-order valence-corrected chi connectivity index (χ3v) is 6.61. The van der Waals surface area contributed by atoms with Gasteiger partial charge in [-0.15, -0.1) is 11.3 Å². The van der Waals surface area contributed by atoms with Crippen LogP contribution in [-0.2, 0) is 14.6 Å². The molecule has 0 radical (unpaired) electrons. The standard InChI is InChI=1S/C19H16N2O5S2/c22-17(9-10-28(23,24)13-5-2-1-3-6-13)21-19-20-15(11-27-19)14-7-4-8-16-18(14)26-12-25-16/h1-8,11H,9-10,12H2,(H,20,21,22). The molecular weight excluding hydrogens is 400 g/mol. The van der Waals surface area contributed by atoms with Crippen LogP contribution >= 0.6 is 11.3 Å². The highest BCUT2D eigenvalue weighted by molar-refractivity contribution is 7.91. The fourth-order valence-corrected chi connectivity index (χ4v) is 4.73. The number of hydrogen-bond donors (Lipinski definition) is 1. The number of ether oxygens (including phenoxy) is 2. The van der Waals surface area contributed by atoms with E-state index in [-0.39, 0.29) is 23.9 Å². The summed E-state index contributed by atoms with van der Waals surface area (Å²) in [4.78, 5) is 16.8. The Morgan fingerprint density at radius 1 is 1.11 bits per heavy atom. The van der Waals surface area contributed by atoms with Crippen molar-refractivity contribution in [3.63, 3.8) is 0 Å². The summed E-state index contributed by atoms with van der Waals surface area (Å²) in [7, 11) is -3.50. The van der Waals surface area contributed by atoms with Crippen LogP contribution in [0.5, 0.6) is 11.5 Å². The molecule has 9 heteroatoms. The number of benzene rings is 2. The Morgan fingerprint density at radius 3 is 2.75 bits per heavy atom. The van der Waals surface area contributed by atoms with Gasteiger partial charge in [-0.2, -0.15) is 0 Å². The van der Waals surface area contributed by atoms with Gasteiger partial charge in [0.15, 0.2) is 26.5 Å². The number of aromatic nitrogens is 1. The second-order valence-corrected chi connectivity index (χ2v) is 8.97. The van der Waals surface area contributed by atoms with Crippen LogP contribution in [-0.4, -0.2) is 31.9 Å². The van der Waals surface area contributed by atoms with E-state index in [2.05, 4.69) is 10.3 Å². The molecule has 7 nitrogen and oxygen atoms in total. The minimum atomic E-state index is -3.50. The van der Waals surface area contributed by atoms with Crippen molar-refractivity contribution in [3.8, 4) is 22.8 Å². The number of carbonyl (C=O) groups is 1. The van der Waals surface area contributed by atoms with Gasteiger partial charge in [0.2, 0.25) is 12.7 Å². The van der Waals surface area contributed by atoms with Crippen LogP contribution in [0.3, 0.4) is 0 Å². The monoisotopic (exact) mass is 416 g/mol. The Labute approximate surface area is 165 Å². The summed E-state index contributed by atoms with van der Waals surface area (Å²) in [5, 5.41) is 4.85. The molecule has 0 saturated carbocycles. The topological polar surface area (TPSA) is 94.6 Å². The highest BCUT2D eigenvalue weighted by Gasteiger charge is 2.21. The summed E-state index contributed by atoms with van der Waals surface area (Å²) in [5.41, 5.74) is 1.43. The van der Waals surface area contributed by atoms with Gasteiger partial charge in [0.25, 0.3) is 0 Å². The van der Waals surface area contributed by atoms with Crippen molar-refractivity contribution in [1.29, 1.82) is 0 Å². The number of amides is 1. The predicted octanol–water partition coefficient (Wildman–Crippen LogP) is 3.34. The lowest BCUT2D eigenvalue weighted by Gasteiger charge is -2.05. The SMILES string of the molecule is O=C(CCS(=O)(=O)c1ccccc1)Nc1nc(-c2cccc3c2OCO3)cs1. The number of carbonyl (C=O) groups excluding carboxylic acids is 1. The zero-order valence-corrected chi connectivity index (χ0v) is 16.3. The second-order valence-electron chi connectivity index (χ2n) is 6.01. The molecule has 28 heavy (non-hydrogen) atoms. The molecule has 0 spiro atoms. The molecule has 144 valence electrons. The number of fused-ring (bicyclic) bond motifs is 1. The van der Waals surface area contributed by atoms with Gasteiger partial charge < -0.3 is 14.8 Å². The molecule has 1 aliphatic heterocycles. The van der Waals surface area contributed by atoms with Crippen molar-refractivity contribution in [2.24, 2.45) is 0 Å². The van der Waals surface area contributed by atoms with Crippen molar-refractivity contribution < 1.29 is 22.7 Å². The Kier molecular flexibility index (Phi) is 5.01. The molecule has 0 bridgehead atoms. The Hall–Kier alpha value is -2.91. The molecule has 0 fully saturated rings. The lowest BCUT2D eigenvalue weighted by molar-refractivity contribution is -0.115. The molecule has 4 rings (SSSR count). The quantitative estimate of drug-likeness (QED) is 0.662. The van der Waals surface area contributed by atoms with Crippen LogP contribution in [0.25, 0.3) is 11.3 Å². The van der Waals surface area contributed by atoms with Gasteiger partial charge in [-0.25, -0.2) is 13.4 Å². The minimum absolute atomic E-state index is 0.149. The average molecular weight is 416 g/mol. The van der Waals surface area contributed by atoms with Crippen molar-refractivity contribution in [1.82, 2.24) is 4.98 Å². The van der Waals surface area contributed by atoms with E-state index in [0.717, 1.165) is 5.56 Å². The van der Waals surface area contributed by atoms with Crippen molar-refractivity contribution in [2.75, 3.05) is 17.9 Å². The lowest BCUT2D eigenvalue weighted by Crippen LogP contribution is -2.17. The maximum atomic E-state index is 12.3. The maximum absolute atomic E-state index is 12.3. The summed E-state index contributed by atoms with van der Waals surface area (Å²) < 4.78 is 35.4. The Balaban J connectivity index is 1.41. The number of nitrogens with one attached hydrogen (secondary N) is 1. The molecule has 1 N–H and O–H groups in total. The number of nitrogens with zero attached hydrogens (tertiary/aromatic N) is 1. The van der Waals surface area contributed by atoms with E-state index in [1.807, 2.05) is 18.2 Å². The molecule has 2 aromatic carbocycles. The normalized spacial score (nSPS) is 12.7. The molecule has 3 aromatic rings. The summed E-state index contributed by atoms with van der Waals surface area (Å²) in [6.45, 7) is 0.163. The minimum Gasteiger partial charge on any atom is -0.454 e. The molecule has 0 atom stereocenters. The van der Waals surface area contributed by atoms with E-state index in [1.54, 1.807) is 23.6 Å². The van der Waals surface area contributed by atoms with E-state index < -0.39 is 15.7 Å². The molecule has 0 saturated heterocycles. The van der Waals surface area contributed by atoms with Crippen LogP contribution in [0.4, 0.5) is 5.13 Å². The lowest BCUT2D eigenvalue weighted by atomic mass is 10.1. The van der Waals surface area contributed by atoms with Crippen molar-refractivity contribution >= 4 is 32.2 Å². The first-order valence-corrected chi connectivity index (χ1v) is 11.0. The summed E-state index contributed by atoms with van der Waals surface area (Å²) in [5.74, 6) is 0.610. The largest absolute Gasteiger partial charge is 0.454 e. The number of rotatable bonds is 6. The van der Waals surface area contributed by atoms with Crippen molar-refractivity contribution in [3.05, 3.63) is 53.9 Å². The highest BCUT2D eigenvalue weighted by atomic mass is 32.2.